The Hall–Kier alpha value is -1.95. The van der Waals surface area contributed by atoms with Crippen LogP contribution in [0, 0.1) is 5.92 Å². The quantitative estimate of drug-likeness (QED) is 0.679. The van der Waals surface area contributed by atoms with Crippen LogP contribution in [0.5, 0.6) is 0 Å². The zero-order valence-electron chi connectivity index (χ0n) is 15.8. The summed E-state index contributed by atoms with van der Waals surface area (Å²) in [4.78, 5) is 24.6. The van der Waals surface area contributed by atoms with Gasteiger partial charge in [-0.15, -0.1) is 0 Å². The Morgan fingerprint density at radius 2 is 1.44 bits per heavy atom. The van der Waals surface area contributed by atoms with Crippen molar-refractivity contribution in [3.63, 3.8) is 0 Å². The lowest BCUT2D eigenvalue weighted by Gasteiger charge is -2.22. The SMILES string of the molecule is O=C(NC1CCCCC1)c1ccc(NC(=S)NC(=O)C2CCCCC2)cc1. The zero-order chi connectivity index (χ0) is 19.1. The van der Waals surface area contributed by atoms with E-state index in [2.05, 4.69) is 16.0 Å². The minimum Gasteiger partial charge on any atom is -0.349 e. The predicted molar refractivity (Wildman–Crippen MR) is 112 cm³/mol. The molecule has 2 aliphatic rings. The third kappa shape index (κ3) is 6.03. The van der Waals surface area contributed by atoms with E-state index in [9.17, 15) is 9.59 Å². The van der Waals surface area contributed by atoms with Crippen molar-refractivity contribution in [2.75, 3.05) is 5.32 Å². The maximum absolute atomic E-state index is 12.4. The highest BCUT2D eigenvalue weighted by Gasteiger charge is 2.21. The van der Waals surface area contributed by atoms with Crippen LogP contribution in [0.4, 0.5) is 5.69 Å². The van der Waals surface area contributed by atoms with Crippen LogP contribution < -0.4 is 16.0 Å². The van der Waals surface area contributed by atoms with Crippen molar-refractivity contribution >= 4 is 34.8 Å². The first-order chi connectivity index (χ1) is 13.1. The molecule has 2 amide bonds. The molecule has 0 aromatic heterocycles. The summed E-state index contributed by atoms with van der Waals surface area (Å²) in [5, 5.41) is 9.24. The van der Waals surface area contributed by atoms with Gasteiger partial charge in [0.2, 0.25) is 5.91 Å². The largest absolute Gasteiger partial charge is 0.349 e. The van der Waals surface area contributed by atoms with Crippen LogP contribution in [0.1, 0.15) is 74.6 Å². The van der Waals surface area contributed by atoms with E-state index in [1.165, 1.54) is 25.7 Å². The Kier molecular flexibility index (Phi) is 7.21. The molecule has 0 atom stereocenters. The van der Waals surface area contributed by atoms with E-state index in [-0.39, 0.29) is 17.7 Å². The molecule has 0 heterocycles. The Balaban J connectivity index is 1.47. The number of rotatable bonds is 4. The molecule has 3 N–H and O–H groups in total. The Morgan fingerprint density at radius 3 is 2.07 bits per heavy atom. The molecule has 2 fully saturated rings. The number of carbonyl (C=O) groups is 2. The van der Waals surface area contributed by atoms with Gasteiger partial charge < -0.3 is 16.0 Å². The van der Waals surface area contributed by atoms with Crippen LogP contribution in [0.3, 0.4) is 0 Å². The van der Waals surface area contributed by atoms with Gasteiger partial charge in [-0.25, -0.2) is 0 Å². The summed E-state index contributed by atoms with van der Waals surface area (Å²) in [6.45, 7) is 0. The van der Waals surface area contributed by atoms with E-state index in [0.29, 0.717) is 16.7 Å². The summed E-state index contributed by atoms with van der Waals surface area (Å²) in [6.07, 6.45) is 11.1. The van der Waals surface area contributed by atoms with Gasteiger partial charge in [0.05, 0.1) is 0 Å². The number of anilines is 1. The number of nitrogens with one attached hydrogen (secondary N) is 3. The first kappa shape index (κ1) is 19.8. The minimum absolute atomic E-state index is 0.00989. The molecular formula is C21H29N3O2S. The molecular weight excluding hydrogens is 358 g/mol. The molecule has 5 nitrogen and oxygen atoms in total. The van der Waals surface area contributed by atoms with Gasteiger partial charge in [-0.3, -0.25) is 9.59 Å². The van der Waals surface area contributed by atoms with Gasteiger partial charge >= 0.3 is 0 Å². The molecule has 0 unspecified atom stereocenters. The molecule has 146 valence electrons. The number of thiocarbonyl (C=S) groups is 1. The van der Waals surface area contributed by atoms with Crippen molar-refractivity contribution in [3.8, 4) is 0 Å². The third-order valence-corrected chi connectivity index (χ3v) is 5.76. The molecule has 0 bridgehead atoms. The molecule has 2 saturated carbocycles. The van der Waals surface area contributed by atoms with E-state index < -0.39 is 0 Å². The number of amides is 2. The fourth-order valence-electron chi connectivity index (χ4n) is 3.96. The molecule has 0 radical (unpaired) electrons. The molecule has 0 saturated heterocycles. The second-order valence-electron chi connectivity index (χ2n) is 7.66. The number of carbonyl (C=O) groups excluding carboxylic acids is 2. The summed E-state index contributed by atoms with van der Waals surface area (Å²) in [7, 11) is 0. The van der Waals surface area contributed by atoms with E-state index in [4.69, 9.17) is 12.2 Å². The second kappa shape index (κ2) is 9.83. The highest BCUT2D eigenvalue weighted by atomic mass is 32.1. The van der Waals surface area contributed by atoms with Crippen molar-refractivity contribution in [2.45, 2.75) is 70.3 Å². The predicted octanol–water partition coefficient (Wildman–Crippen LogP) is 4.14. The normalized spacial score (nSPS) is 18.5. The van der Waals surface area contributed by atoms with Crippen LogP contribution in [0.25, 0.3) is 0 Å². The molecule has 2 aliphatic carbocycles. The standard InChI is InChI=1S/C21H29N3O2S/c25-19(22-17-9-5-2-6-10-17)16-11-13-18(14-12-16)23-21(27)24-20(26)15-7-3-1-4-8-15/h11-15,17H,1-10H2,(H,22,25)(H2,23,24,26,27). The van der Waals surface area contributed by atoms with E-state index in [1.807, 2.05) is 12.1 Å². The van der Waals surface area contributed by atoms with Crippen molar-refractivity contribution in [3.05, 3.63) is 29.8 Å². The summed E-state index contributed by atoms with van der Waals surface area (Å²) in [5.41, 5.74) is 1.40. The van der Waals surface area contributed by atoms with Gasteiger partial charge in [0.1, 0.15) is 0 Å². The first-order valence-electron chi connectivity index (χ1n) is 10.1. The molecule has 27 heavy (non-hydrogen) atoms. The van der Waals surface area contributed by atoms with E-state index >= 15 is 0 Å². The Morgan fingerprint density at radius 1 is 0.852 bits per heavy atom. The van der Waals surface area contributed by atoms with Gasteiger partial charge in [-0.1, -0.05) is 38.5 Å². The summed E-state index contributed by atoms with van der Waals surface area (Å²) >= 11 is 5.25. The molecule has 0 aliphatic heterocycles. The fourth-order valence-corrected chi connectivity index (χ4v) is 4.18. The average molecular weight is 388 g/mol. The number of hydrogen-bond acceptors (Lipinski definition) is 3. The molecule has 1 aromatic rings. The summed E-state index contributed by atoms with van der Waals surface area (Å²) in [5.74, 6) is 0.0571. The lowest BCUT2D eigenvalue weighted by molar-refractivity contribution is -0.124. The third-order valence-electron chi connectivity index (χ3n) is 5.56. The van der Waals surface area contributed by atoms with Crippen LogP contribution >= 0.6 is 12.2 Å². The summed E-state index contributed by atoms with van der Waals surface area (Å²) < 4.78 is 0. The number of benzene rings is 1. The topological polar surface area (TPSA) is 70.2 Å². The molecule has 1 aromatic carbocycles. The smallest absolute Gasteiger partial charge is 0.251 e. The van der Waals surface area contributed by atoms with Gasteiger partial charge in [0.25, 0.3) is 5.91 Å². The number of hydrogen-bond donors (Lipinski definition) is 3. The maximum Gasteiger partial charge on any atom is 0.251 e. The fraction of sp³-hybridized carbons (Fsp3) is 0.571. The van der Waals surface area contributed by atoms with Crippen molar-refractivity contribution in [1.82, 2.24) is 10.6 Å². The average Bonchev–Trinajstić information content (AvgIpc) is 2.70. The lowest BCUT2D eigenvalue weighted by atomic mass is 9.89. The second-order valence-corrected chi connectivity index (χ2v) is 8.07. The Labute approximate surface area is 166 Å². The summed E-state index contributed by atoms with van der Waals surface area (Å²) in [6, 6.07) is 7.49. The zero-order valence-corrected chi connectivity index (χ0v) is 16.6. The molecule has 3 rings (SSSR count). The monoisotopic (exact) mass is 387 g/mol. The van der Waals surface area contributed by atoms with Gasteiger partial charge in [-0.05, 0) is 62.2 Å². The van der Waals surface area contributed by atoms with Crippen molar-refractivity contribution in [2.24, 2.45) is 5.92 Å². The maximum atomic E-state index is 12.4. The highest BCUT2D eigenvalue weighted by Crippen LogP contribution is 2.23. The van der Waals surface area contributed by atoms with E-state index in [1.54, 1.807) is 12.1 Å². The first-order valence-corrected chi connectivity index (χ1v) is 10.6. The van der Waals surface area contributed by atoms with Gasteiger partial charge in [0, 0.05) is 23.2 Å². The van der Waals surface area contributed by atoms with Crippen LogP contribution in [0.15, 0.2) is 24.3 Å². The van der Waals surface area contributed by atoms with Crippen LogP contribution in [-0.4, -0.2) is 23.0 Å². The minimum atomic E-state index is -0.0263. The van der Waals surface area contributed by atoms with Crippen LogP contribution in [0.2, 0.25) is 0 Å². The van der Waals surface area contributed by atoms with Crippen molar-refractivity contribution < 1.29 is 9.59 Å². The van der Waals surface area contributed by atoms with Gasteiger partial charge in [0.15, 0.2) is 5.11 Å². The Bertz CT molecular complexity index is 663. The highest BCUT2D eigenvalue weighted by molar-refractivity contribution is 7.80. The molecule has 0 spiro atoms. The van der Waals surface area contributed by atoms with Crippen molar-refractivity contribution in [1.29, 1.82) is 0 Å². The lowest BCUT2D eigenvalue weighted by Crippen LogP contribution is -2.39. The van der Waals surface area contributed by atoms with Crippen LogP contribution in [-0.2, 0) is 4.79 Å². The molecule has 6 heteroatoms. The van der Waals surface area contributed by atoms with E-state index in [0.717, 1.165) is 44.2 Å². The van der Waals surface area contributed by atoms with Gasteiger partial charge in [-0.2, -0.15) is 0 Å².